The highest BCUT2D eigenvalue weighted by molar-refractivity contribution is 7.99. The molecule has 0 aromatic carbocycles. The van der Waals surface area contributed by atoms with E-state index in [1.165, 1.54) is 9.78 Å². The molecular weight excluding hydrogens is 294 g/mol. The number of esters is 1. The van der Waals surface area contributed by atoms with Gasteiger partial charge in [0.1, 0.15) is 6.54 Å². The van der Waals surface area contributed by atoms with Gasteiger partial charge in [-0.15, -0.1) is 29.7 Å². The maximum Gasteiger partial charge on any atom is 0.325 e. The van der Waals surface area contributed by atoms with Gasteiger partial charge >= 0.3 is 5.97 Å². The van der Waals surface area contributed by atoms with E-state index < -0.39 is 0 Å². The fraction of sp³-hybridized carbons (Fsp3) is 0.429. The van der Waals surface area contributed by atoms with Crippen LogP contribution in [0.15, 0.2) is 30.2 Å². The van der Waals surface area contributed by atoms with Gasteiger partial charge in [-0.25, -0.2) is 0 Å². The summed E-state index contributed by atoms with van der Waals surface area (Å²) in [6, 6.07) is 4.04. The van der Waals surface area contributed by atoms with E-state index in [-0.39, 0.29) is 18.4 Å². The average molecular weight is 313 g/mol. The van der Waals surface area contributed by atoms with Crippen LogP contribution in [0.4, 0.5) is 0 Å². The number of hydrogen-bond donors (Lipinski definition) is 0. The molecule has 6 heteroatoms. The van der Waals surface area contributed by atoms with Gasteiger partial charge in [0.2, 0.25) is 5.91 Å². The molecule has 0 N–H and O–H groups in total. The number of carbonyl (C=O) groups excluding carboxylic acids is 2. The molecule has 0 aliphatic rings. The summed E-state index contributed by atoms with van der Waals surface area (Å²) in [6.45, 7) is 6.01. The van der Waals surface area contributed by atoms with Gasteiger partial charge in [-0.2, -0.15) is 0 Å². The van der Waals surface area contributed by atoms with Crippen LogP contribution < -0.4 is 0 Å². The van der Waals surface area contributed by atoms with E-state index in [1.54, 1.807) is 36.1 Å². The number of nitrogens with zero attached hydrogens (tertiary/aromatic N) is 1. The van der Waals surface area contributed by atoms with Gasteiger partial charge in [-0.05, 0) is 18.4 Å². The minimum Gasteiger partial charge on any atom is -0.465 e. The molecule has 1 aromatic heterocycles. The fourth-order valence-corrected chi connectivity index (χ4v) is 3.27. The lowest BCUT2D eigenvalue weighted by atomic mass is 10.4. The Morgan fingerprint density at radius 2 is 2.35 bits per heavy atom. The van der Waals surface area contributed by atoms with Crippen LogP contribution in [0.5, 0.6) is 0 Å². The summed E-state index contributed by atoms with van der Waals surface area (Å²) in [4.78, 5) is 26.2. The van der Waals surface area contributed by atoms with Gasteiger partial charge in [0.25, 0.3) is 0 Å². The number of amides is 1. The number of hydrogen-bond acceptors (Lipinski definition) is 5. The molecule has 0 spiro atoms. The van der Waals surface area contributed by atoms with Crippen molar-refractivity contribution in [1.82, 2.24) is 4.90 Å². The van der Waals surface area contributed by atoms with Gasteiger partial charge < -0.3 is 9.64 Å². The molecule has 0 saturated carbocycles. The van der Waals surface area contributed by atoms with Crippen LogP contribution in [0.3, 0.4) is 0 Å². The Balaban J connectivity index is 2.38. The molecule has 0 aliphatic carbocycles. The zero-order chi connectivity index (χ0) is 14.8. The van der Waals surface area contributed by atoms with E-state index >= 15 is 0 Å². The molecule has 0 bridgehead atoms. The van der Waals surface area contributed by atoms with E-state index in [0.29, 0.717) is 18.9 Å². The van der Waals surface area contributed by atoms with Crippen molar-refractivity contribution in [3.63, 3.8) is 0 Å². The summed E-state index contributed by atoms with van der Waals surface area (Å²) in [5, 5.41) is 2.02. The first-order valence-corrected chi connectivity index (χ1v) is 8.35. The van der Waals surface area contributed by atoms with Gasteiger partial charge in [-0.1, -0.05) is 12.1 Å². The zero-order valence-electron chi connectivity index (χ0n) is 11.5. The Morgan fingerprint density at radius 1 is 1.55 bits per heavy atom. The molecule has 1 heterocycles. The summed E-state index contributed by atoms with van der Waals surface area (Å²) in [5.74, 6) is 0.709. The molecule has 1 rings (SSSR count). The summed E-state index contributed by atoms with van der Waals surface area (Å²) in [6.07, 6.45) is 1.61. The highest BCUT2D eigenvalue weighted by Crippen LogP contribution is 2.17. The number of ether oxygens (including phenoxy) is 1. The fourth-order valence-electron chi connectivity index (χ4n) is 1.50. The third-order valence-corrected chi connectivity index (χ3v) is 4.40. The molecule has 1 amide bonds. The van der Waals surface area contributed by atoms with Gasteiger partial charge in [-0.3, -0.25) is 9.59 Å². The first kappa shape index (κ1) is 16.8. The first-order valence-electron chi connectivity index (χ1n) is 6.31. The molecule has 20 heavy (non-hydrogen) atoms. The van der Waals surface area contributed by atoms with E-state index in [2.05, 4.69) is 6.58 Å². The van der Waals surface area contributed by atoms with Crippen molar-refractivity contribution in [2.45, 2.75) is 12.7 Å². The molecule has 0 aliphatic heterocycles. The lowest BCUT2D eigenvalue weighted by molar-refractivity contribution is -0.147. The highest BCUT2D eigenvalue weighted by Gasteiger charge is 2.16. The van der Waals surface area contributed by atoms with E-state index in [0.717, 1.165) is 5.75 Å². The Morgan fingerprint density at radius 3 is 2.95 bits per heavy atom. The standard InChI is InChI=1S/C14H19NO3S2/c1-3-7-15(9-14(17)18-4-2)13(16)11-19-10-12-6-5-8-20-12/h3,5-6,8H,1,4,7,9-11H2,2H3. The summed E-state index contributed by atoms with van der Waals surface area (Å²) in [7, 11) is 0. The normalized spacial score (nSPS) is 10.1. The van der Waals surface area contributed by atoms with E-state index in [1.807, 2.05) is 17.5 Å². The summed E-state index contributed by atoms with van der Waals surface area (Å²) < 4.78 is 4.86. The molecule has 0 unspecified atom stereocenters. The second-order valence-corrected chi connectivity index (χ2v) is 5.96. The van der Waals surface area contributed by atoms with Crippen molar-refractivity contribution in [1.29, 1.82) is 0 Å². The predicted molar refractivity (Wildman–Crippen MR) is 83.9 cm³/mol. The van der Waals surface area contributed by atoms with Crippen LogP contribution in [-0.4, -0.2) is 42.2 Å². The SMILES string of the molecule is C=CCN(CC(=O)OCC)C(=O)CSCc1cccs1. The van der Waals surface area contributed by atoms with E-state index in [4.69, 9.17) is 4.74 Å². The number of rotatable bonds is 9. The molecule has 0 atom stereocenters. The maximum absolute atomic E-state index is 12.1. The monoisotopic (exact) mass is 313 g/mol. The highest BCUT2D eigenvalue weighted by atomic mass is 32.2. The molecule has 1 aromatic rings. The second kappa shape index (κ2) is 9.61. The smallest absolute Gasteiger partial charge is 0.325 e. The van der Waals surface area contributed by atoms with Crippen molar-refractivity contribution in [3.05, 3.63) is 35.0 Å². The van der Waals surface area contributed by atoms with Gasteiger partial charge in [0, 0.05) is 17.2 Å². The third kappa shape index (κ3) is 6.25. The minimum absolute atomic E-state index is 0.0156. The van der Waals surface area contributed by atoms with Crippen LogP contribution >= 0.6 is 23.1 Å². The Bertz CT molecular complexity index is 432. The number of thiophene rings is 1. The zero-order valence-corrected chi connectivity index (χ0v) is 13.2. The summed E-state index contributed by atoms with van der Waals surface area (Å²) in [5.41, 5.74) is 0. The van der Waals surface area contributed by atoms with Crippen LogP contribution in [0.1, 0.15) is 11.8 Å². The molecule has 0 fully saturated rings. The van der Waals surface area contributed by atoms with Crippen LogP contribution in [0.25, 0.3) is 0 Å². The van der Waals surface area contributed by atoms with Gasteiger partial charge in [0.15, 0.2) is 0 Å². The topological polar surface area (TPSA) is 46.6 Å². The van der Waals surface area contributed by atoms with E-state index in [9.17, 15) is 9.59 Å². The molecule has 4 nitrogen and oxygen atoms in total. The summed E-state index contributed by atoms with van der Waals surface area (Å²) >= 11 is 3.22. The first-order chi connectivity index (χ1) is 9.67. The second-order valence-electron chi connectivity index (χ2n) is 3.94. The van der Waals surface area contributed by atoms with Crippen molar-refractivity contribution < 1.29 is 14.3 Å². The van der Waals surface area contributed by atoms with Crippen LogP contribution in [-0.2, 0) is 20.1 Å². The average Bonchev–Trinajstić information content (AvgIpc) is 2.91. The Labute approximate surface area is 127 Å². The van der Waals surface area contributed by atoms with Crippen molar-refractivity contribution >= 4 is 35.0 Å². The number of carbonyl (C=O) groups is 2. The molecule has 110 valence electrons. The van der Waals surface area contributed by atoms with Crippen LogP contribution in [0, 0.1) is 0 Å². The molecule has 0 saturated heterocycles. The third-order valence-electron chi connectivity index (χ3n) is 2.38. The quantitative estimate of drug-likeness (QED) is 0.519. The van der Waals surface area contributed by atoms with Crippen molar-refractivity contribution in [3.8, 4) is 0 Å². The number of thioether (sulfide) groups is 1. The van der Waals surface area contributed by atoms with Crippen molar-refractivity contribution in [2.75, 3.05) is 25.4 Å². The Hall–Kier alpha value is -1.27. The van der Waals surface area contributed by atoms with Gasteiger partial charge in [0.05, 0.1) is 12.4 Å². The maximum atomic E-state index is 12.1. The van der Waals surface area contributed by atoms with Crippen molar-refractivity contribution in [2.24, 2.45) is 0 Å². The molecular formula is C14H19NO3S2. The largest absolute Gasteiger partial charge is 0.465 e. The minimum atomic E-state index is -0.383. The molecule has 0 radical (unpaired) electrons. The lowest BCUT2D eigenvalue weighted by Gasteiger charge is -2.19. The lowest BCUT2D eigenvalue weighted by Crippen LogP contribution is -2.37. The Kier molecular flexibility index (Phi) is 8.06. The predicted octanol–water partition coefficient (Wildman–Crippen LogP) is 2.56. The van der Waals surface area contributed by atoms with Crippen LogP contribution in [0.2, 0.25) is 0 Å².